The van der Waals surface area contributed by atoms with Gasteiger partial charge >= 0.3 is 0 Å². The molecule has 1 aromatic heterocycles. The second kappa shape index (κ2) is 2.81. The third kappa shape index (κ3) is 0.925. The second-order valence-electron chi connectivity index (χ2n) is 3.81. The van der Waals surface area contributed by atoms with Crippen LogP contribution >= 0.6 is 11.3 Å². The van der Waals surface area contributed by atoms with Crippen LogP contribution in [0.2, 0.25) is 0 Å². The fourth-order valence-corrected chi connectivity index (χ4v) is 3.44. The Kier molecular flexibility index (Phi) is 1.69. The van der Waals surface area contributed by atoms with Gasteiger partial charge in [0.1, 0.15) is 5.66 Å². The van der Waals surface area contributed by atoms with Gasteiger partial charge in [-0.25, -0.2) is 0 Å². The van der Waals surface area contributed by atoms with E-state index in [0.717, 1.165) is 19.5 Å². The van der Waals surface area contributed by atoms with E-state index in [1.807, 2.05) is 4.90 Å². The fraction of sp³-hybridized carbons (Fsp3) is 0.500. The van der Waals surface area contributed by atoms with Crippen molar-refractivity contribution in [1.82, 2.24) is 10.2 Å². The standard InChI is InChI=1S/C10H12N2OS/c13-9-3-4-10(8-2-1-7-14-8)11-5-6-12(9)10/h1-2,7,11H,3-6H2. The van der Waals surface area contributed by atoms with E-state index in [9.17, 15) is 4.79 Å². The molecule has 0 aliphatic carbocycles. The van der Waals surface area contributed by atoms with Crippen molar-refractivity contribution < 1.29 is 4.79 Å². The van der Waals surface area contributed by atoms with E-state index in [1.165, 1.54) is 4.88 Å². The van der Waals surface area contributed by atoms with Gasteiger partial charge in [0.15, 0.2) is 0 Å². The molecule has 2 aliphatic heterocycles. The first-order valence-electron chi connectivity index (χ1n) is 4.92. The normalized spacial score (nSPS) is 31.1. The Morgan fingerprint density at radius 1 is 1.57 bits per heavy atom. The van der Waals surface area contributed by atoms with E-state index in [4.69, 9.17) is 0 Å². The van der Waals surface area contributed by atoms with Crippen LogP contribution in [0.5, 0.6) is 0 Å². The summed E-state index contributed by atoms with van der Waals surface area (Å²) in [5.41, 5.74) is -0.148. The molecule has 3 nitrogen and oxygen atoms in total. The van der Waals surface area contributed by atoms with Gasteiger partial charge in [-0.2, -0.15) is 0 Å². The number of hydrogen-bond acceptors (Lipinski definition) is 3. The van der Waals surface area contributed by atoms with E-state index in [1.54, 1.807) is 11.3 Å². The summed E-state index contributed by atoms with van der Waals surface area (Å²) in [6.07, 6.45) is 1.61. The largest absolute Gasteiger partial charge is 0.318 e. The van der Waals surface area contributed by atoms with Crippen LogP contribution in [0.3, 0.4) is 0 Å². The molecule has 2 saturated heterocycles. The zero-order valence-corrected chi connectivity index (χ0v) is 8.64. The molecule has 0 bridgehead atoms. The van der Waals surface area contributed by atoms with Crippen molar-refractivity contribution in [3.05, 3.63) is 22.4 Å². The molecule has 3 heterocycles. The molecule has 1 unspecified atom stereocenters. The van der Waals surface area contributed by atoms with Gasteiger partial charge in [0.25, 0.3) is 0 Å². The van der Waals surface area contributed by atoms with Crippen molar-refractivity contribution in [3.63, 3.8) is 0 Å². The fourth-order valence-electron chi connectivity index (χ4n) is 2.50. The predicted molar refractivity (Wildman–Crippen MR) is 54.9 cm³/mol. The lowest BCUT2D eigenvalue weighted by Gasteiger charge is -2.30. The molecule has 1 atom stereocenters. The zero-order valence-electron chi connectivity index (χ0n) is 7.82. The molecular formula is C10H12N2OS. The molecule has 1 N–H and O–H groups in total. The van der Waals surface area contributed by atoms with Crippen molar-refractivity contribution >= 4 is 17.2 Å². The number of thiophene rings is 1. The van der Waals surface area contributed by atoms with Crippen LogP contribution in [0.1, 0.15) is 17.7 Å². The second-order valence-corrected chi connectivity index (χ2v) is 4.76. The third-order valence-electron chi connectivity index (χ3n) is 3.14. The van der Waals surface area contributed by atoms with Crippen LogP contribution in [0.4, 0.5) is 0 Å². The van der Waals surface area contributed by atoms with Crippen molar-refractivity contribution in [2.75, 3.05) is 13.1 Å². The Morgan fingerprint density at radius 2 is 2.50 bits per heavy atom. The van der Waals surface area contributed by atoms with Crippen molar-refractivity contribution in [2.24, 2.45) is 0 Å². The van der Waals surface area contributed by atoms with Crippen LogP contribution in [0.15, 0.2) is 17.5 Å². The van der Waals surface area contributed by atoms with Crippen molar-refractivity contribution in [2.45, 2.75) is 18.5 Å². The molecule has 2 fully saturated rings. The van der Waals surface area contributed by atoms with Gasteiger partial charge in [-0.1, -0.05) is 6.07 Å². The summed E-state index contributed by atoms with van der Waals surface area (Å²) in [5.74, 6) is 0.295. The molecule has 74 valence electrons. The molecule has 3 rings (SSSR count). The summed E-state index contributed by atoms with van der Waals surface area (Å²) >= 11 is 1.73. The maximum Gasteiger partial charge on any atom is 0.224 e. The Hall–Kier alpha value is -0.870. The highest BCUT2D eigenvalue weighted by atomic mass is 32.1. The molecule has 14 heavy (non-hydrogen) atoms. The first kappa shape index (κ1) is 8.44. The summed E-state index contributed by atoms with van der Waals surface area (Å²) < 4.78 is 0. The van der Waals surface area contributed by atoms with Crippen LogP contribution in [0, 0.1) is 0 Å². The van der Waals surface area contributed by atoms with E-state index < -0.39 is 0 Å². The number of rotatable bonds is 1. The summed E-state index contributed by atoms with van der Waals surface area (Å²) in [7, 11) is 0. The SMILES string of the molecule is O=C1CCC2(c3cccs3)NCCN12. The molecule has 0 radical (unpaired) electrons. The minimum atomic E-state index is -0.148. The molecule has 0 spiro atoms. The van der Waals surface area contributed by atoms with Gasteiger partial charge in [0.05, 0.1) is 0 Å². The van der Waals surface area contributed by atoms with Crippen LogP contribution in [0.25, 0.3) is 0 Å². The number of carbonyl (C=O) groups is 1. The summed E-state index contributed by atoms with van der Waals surface area (Å²) in [4.78, 5) is 14.9. The van der Waals surface area contributed by atoms with Crippen LogP contribution in [-0.2, 0) is 10.5 Å². The highest BCUT2D eigenvalue weighted by molar-refractivity contribution is 7.10. The summed E-state index contributed by atoms with van der Waals surface area (Å²) in [6.45, 7) is 1.78. The molecule has 0 aromatic carbocycles. The Labute approximate surface area is 86.7 Å². The van der Waals surface area contributed by atoms with E-state index in [-0.39, 0.29) is 5.66 Å². The summed E-state index contributed by atoms with van der Waals surface area (Å²) in [6, 6.07) is 4.17. The van der Waals surface area contributed by atoms with E-state index in [2.05, 4.69) is 22.8 Å². The average Bonchev–Trinajstić information content (AvgIpc) is 2.83. The smallest absolute Gasteiger partial charge is 0.224 e. The van der Waals surface area contributed by atoms with Gasteiger partial charge in [-0.15, -0.1) is 11.3 Å². The van der Waals surface area contributed by atoms with Gasteiger partial charge in [-0.3, -0.25) is 10.1 Å². The Bertz CT molecular complexity index is 362. The molecular weight excluding hydrogens is 196 g/mol. The molecule has 4 heteroatoms. The number of nitrogens with zero attached hydrogens (tertiary/aromatic N) is 1. The summed E-state index contributed by atoms with van der Waals surface area (Å²) in [5, 5.41) is 5.55. The Morgan fingerprint density at radius 3 is 3.29 bits per heavy atom. The molecule has 0 saturated carbocycles. The number of nitrogens with one attached hydrogen (secondary N) is 1. The van der Waals surface area contributed by atoms with Gasteiger partial charge < -0.3 is 4.90 Å². The predicted octanol–water partition coefficient (Wildman–Crippen LogP) is 1.13. The zero-order chi connectivity index (χ0) is 9.60. The molecule has 1 amide bonds. The lowest BCUT2D eigenvalue weighted by atomic mass is 10.1. The monoisotopic (exact) mass is 208 g/mol. The van der Waals surface area contributed by atoms with E-state index >= 15 is 0 Å². The topological polar surface area (TPSA) is 32.3 Å². The first-order valence-corrected chi connectivity index (χ1v) is 5.80. The maximum atomic E-state index is 11.6. The quantitative estimate of drug-likeness (QED) is 0.750. The number of hydrogen-bond donors (Lipinski definition) is 1. The average molecular weight is 208 g/mol. The Balaban J connectivity index is 2.07. The highest BCUT2D eigenvalue weighted by Gasteiger charge is 2.49. The number of fused-ring (bicyclic) bond motifs is 1. The lowest BCUT2D eigenvalue weighted by molar-refractivity contribution is -0.129. The van der Waals surface area contributed by atoms with Crippen molar-refractivity contribution in [1.29, 1.82) is 0 Å². The number of amides is 1. The lowest BCUT2D eigenvalue weighted by Crippen LogP contribution is -2.44. The third-order valence-corrected chi connectivity index (χ3v) is 4.17. The van der Waals surface area contributed by atoms with Gasteiger partial charge in [-0.05, 0) is 17.9 Å². The van der Waals surface area contributed by atoms with E-state index in [0.29, 0.717) is 12.3 Å². The minimum Gasteiger partial charge on any atom is -0.318 e. The first-order chi connectivity index (χ1) is 6.83. The van der Waals surface area contributed by atoms with Crippen LogP contribution in [-0.4, -0.2) is 23.9 Å². The highest BCUT2D eigenvalue weighted by Crippen LogP contribution is 2.41. The van der Waals surface area contributed by atoms with Crippen LogP contribution < -0.4 is 5.32 Å². The molecule has 1 aromatic rings. The minimum absolute atomic E-state index is 0.148. The van der Waals surface area contributed by atoms with Gasteiger partial charge in [0.2, 0.25) is 5.91 Å². The maximum absolute atomic E-state index is 11.6. The number of carbonyl (C=O) groups excluding carboxylic acids is 1. The van der Waals surface area contributed by atoms with Gasteiger partial charge in [0, 0.05) is 24.4 Å². The van der Waals surface area contributed by atoms with Crippen molar-refractivity contribution in [3.8, 4) is 0 Å². The molecule has 2 aliphatic rings.